The van der Waals surface area contributed by atoms with Crippen LogP contribution >= 0.6 is 0 Å². The Morgan fingerprint density at radius 2 is 1.75 bits per heavy atom. The second kappa shape index (κ2) is 6.30. The van der Waals surface area contributed by atoms with Gasteiger partial charge in [-0.3, -0.25) is 4.79 Å². The van der Waals surface area contributed by atoms with Gasteiger partial charge in [0.25, 0.3) is 5.91 Å². The summed E-state index contributed by atoms with van der Waals surface area (Å²) in [6, 6.07) is 15.2. The van der Waals surface area contributed by atoms with Crippen molar-refractivity contribution < 1.29 is 14.9 Å². The Balaban J connectivity index is 2.03. The van der Waals surface area contributed by atoms with E-state index in [4.69, 9.17) is 0 Å². The lowest BCUT2D eigenvalue weighted by atomic mass is 10.1. The van der Waals surface area contributed by atoms with Gasteiger partial charge in [-0.15, -0.1) is 0 Å². The molecule has 3 N–H and O–H groups in total. The number of hydrogen-bond acceptors (Lipinski definition) is 1. The second-order valence-electron chi connectivity index (χ2n) is 4.78. The topological polar surface area (TPSA) is 48.0 Å². The number of rotatable bonds is 4. The van der Waals surface area contributed by atoms with E-state index in [2.05, 4.69) is 5.73 Å². The molecule has 0 saturated heterocycles. The molecule has 0 saturated carbocycles. The van der Waals surface area contributed by atoms with Gasteiger partial charge in [0.15, 0.2) is 6.04 Å². The molecule has 0 bridgehead atoms. The molecule has 1 atom stereocenters. The zero-order valence-electron chi connectivity index (χ0n) is 11.4. The van der Waals surface area contributed by atoms with Crippen LogP contribution in [0.15, 0.2) is 54.6 Å². The van der Waals surface area contributed by atoms with E-state index in [1.165, 1.54) is 12.1 Å². The molecule has 0 aliphatic heterocycles. The van der Waals surface area contributed by atoms with E-state index in [0.717, 1.165) is 11.1 Å². The Labute approximate surface area is 117 Å². The molecular weight excluding hydrogens is 255 g/mol. The average molecular weight is 273 g/mol. The molecule has 0 heterocycles. The molecule has 2 aromatic carbocycles. The lowest BCUT2D eigenvalue weighted by Crippen LogP contribution is -2.60. The van der Waals surface area contributed by atoms with Crippen molar-refractivity contribution in [1.29, 1.82) is 0 Å². The molecular formula is C16H18FN2O+. The van der Waals surface area contributed by atoms with Crippen molar-refractivity contribution in [3.8, 4) is 0 Å². The summed E-state index contributed by atoms with van der Waals surface area (Å²) in [6.07, 6.45) is 0. The van der Waals surface area contributed by atoms with Crippen LogP contribution in [-0.4, -0.2) is 17.9 Å². The third kappa shape index (κ3) is 3.42. The maximum atomic E-state index is 12.8. The highest BCUT2D eigenvalue weighted by atomic mass is 19.1. The van der Waals surface area contributed by atoms with E-state index >= 15 is 0 Å². The molecule has 20 heavy (non-hydrogen) atoms. The number of carbonyl (C=O) groups is 1. The predicted molar refractivity (Wildman–Crippen MR) is 74.9 cm³/mol. The molecule has 0 aromatic heterocycles. The zero-order valence-corrected chi connectivity index (χ0v) is 11.4. The summed E-state index contributed by atoms with van der Waals surface area (Å²) in [5, 5.41) is 0. The van der Waals surface area contributed by atoms with E-state index in [9.17, 15) is 9.18 Å². The smallest absolute Gasteiger partial charge is 0.285 e. The minimum absolute atomic E-state index is 0.0551. The molecule has 0 radical (unpaired) electrons. The Morgan fingerprint density at radius 1 is 1.15 bits per heavy atom. The van der Waals surface area contributed by atoms with Gasteiger partial charge in [0.05, 0.1) is 0 Å². The van der Waals surface area contributed by atoms with E-state index in [1.807, 2.05) is 30.3 Å². The van der Waals surface area contributed by atoms with Crippen molar-refractivity contribution in [3.05, 3.63) is 71.5 Å². The van der Waals surface area contributed by atoms with Gasteiger partial charge in [0, 0.05) is 19.2 Å². The number of amides is 1. The van der Waals surface area contributed by atoms with Crippen LogP contribution in [0.1, 0.15) is 17.2 Å². The van der Waals surface area contributed by atoms with E-state index in [0.29, 0.717) is 6.54 Å². The van der Waals surface area contributed by atoms with Gasteiger partial charge >= 0.3 is 0 Å². The normalized spacial score (nSPS) is 11.9. The minimum Gasteiger partial charge on any atom is -0.343 e. The molecule has 0 fully saturated rings. The van der Waals surface area contributed by atoms with Crippen LogP contribution in [0.3, 0.4) is 0 Å². The fourth-order valence-electron chi connectivity index (χ4n) is 2.04. The zero-order chi connectivity index (χ0) is 14.5. The summed E-state index contributed by atoms with van der Waals surface area (Å²) in [7, 11) is 1.73. The van der Waals surface area contributed by atoms with Crippen molar-refractivity contribution in [2.75, 3.05) is 7.05 Å². The molecule has 0 spiro atoms. The molecule has 104 valence electrons. The number of nitrogens with zero attached hydrogens (tertiary/aromatic N) is 1. The third-order valence-electron chi connectivity index (χ3n) is 3.21. The quantitative estimate of drug-likeness (QED) is 0.906. The first-order valence-corrected chi connectivity index (χ1v) is 6.45. The van der Waals surface area contributed by atoms with E-state index in [-0.39, 0.29) is 11.7 Å². The maximum Gasteiger partial charge on any atom is 0.285 e. The number of quaternary nitrogens is 1. The lowest BCUT2D eigenvalue weighted by molar-refractivity contribution is -0.411. The summed E-state index contributed by atoms with van der Waals surface area (Å²) < 4.78 is 12.8. The van der Waals surface area contributed by atoms with Gasteiger partial charge in [0.1, 0.15) is 5.82 Å². The Bertz CT molecular complexity index is 569. The number of likely N-dealkylation sites (N-methyl/N-ethyl adjacent to an activating group) is 1. The second-order valence-corrected chi connectivity index (χ2v) is 4.78. The first kappa shape index (κ1) is 14.2. The molecule has 0 aliphatic carbocycles. The van der Waals surface area contributed by atoms with Gasteiger partial charge in [-0.1, -0.05) is 42.5 Å². The number of carbonyl (C=O) groups excluding carboxylic acids is 1. The van der Waals surface area contributed by atoms with Crippen LogP contribution < -0.4 is 5.73 Å². The standard InChI is InChI=1S/C16H17FN2O/c1-19(11-12-7-9-14(17)10-8-12)16(20)15(18)13-5-3-2-4-6-13/h2-10,15H,11,18H2,1H3/p+1. The highest BCUT2D eigenvalue weighted by Crippen LogP contribution is 2.12. The van der Waals surface area contributed by atoms with Crippen LogP contribution in [0.2, 0.25) is 0 Å². The number of hydrogen-bond donors (Lipinski definition) is 1. The maximum absolute atomic E-state index is 12.8. The van der Waals surface area contributed by atoms with Crippen LogP contribution in [0.4, 0.5) is 4.39 Å². The fraction of sp³-hybridized carbons (Fsp3) is 0.188. The van der Waals surface area contributed by atoms with Crippen LogP contribution in [0, 0.1) is 5.82 Å². The first-order valence-electron chi connectivity index (χ1n) is 6.45. The van der Waals surface area contributed by atoms with Gasteiger partial charge in [-0.2, -0.15) is 0 Å². The summed E-state index contributed by atoms with van der Waals surface area (Å²) >= 11 is 0. The van der Waals surface area contributed by atoms with Crippen molar-refractivity contribution in [2.24, 2.45) is 0 Å². The van der Waals surface area contributed by atoms with Crippen LogP contribution in [0.25, 0.3) is 0 Å². The number of benzene rings is 2. The van der Waals surface area contributed by atoms with Gasteiger partial charge in [-0.05, 0) is 17.7 Å². The Morgan fingerprint density at radius 3 is 2.35 bits per heavy atom. The van der Waals surface area contributed by atoms with Gasteiger partial charge < -0.3 is 10.6 Å². The van der Waals surface area contributed by atoms with Gasteiger partial charge in [0.2, 0.25) is 0 Å². The molecule has 4 heteroatoms. The van der Waals surface area contributed by atoms with Gasteiger partial charge in [-0.25, -0.2) is 4.39 Å². The Kier molecular flexibility index (Phi) is 4.48. The fourth-order valence-corrected chi connectivity index (χ4v) is 2.04. The highest BCUT2D eigenvalue weighted by Gasteiger charge is 2.23. The van der Waals surface area contributed by atoms with Crippen molar-refractivity contribution in [3.63, 3.8) is 0 Å². The summed E-state index contributed by atoms with van der Waals surface area (Å²) in [6.45, 7) is 0.442. The van der Waals surface area contributed by atoms with Crippen LogP contribution in [0.5, 0.6) is 0 Å². The van der Waals surface area contributed by atoms with E-state index < -0.39 is 6.04 Å². The summed E-state index contributed by atoms with van der Waals surface area (Å²) in [5.41, 5.74) is 5.72. The minimum atomic E-state index is -0.429. The summed E-state index contributed by atoms with van der Waals surface area (Å²) in [5.74, 6) is -0.331. The molecule has 2 rings (SSSR count). The van der Waals surface area contributed by atoms with E-state index in [1.54, 1.807) is 24.1 Å². The molecule has 2 aromatic rings. The molecule has 3 nitrogen and oxygen atoms in total. The highest BCUT2D eigenvalue weighted by molar-refractivity contribution is 5.81. The number of halogens is 1. The SMILES string of the molecule is CN(Cc1ccc(F)cc1)C(=O)C([NH3+])c1ccccc1. The Hall–Kier alpha value is -2.20. The average Bonchev–Trinajstić information content (AvgIpc) is 2.49. The predicted octanol–water partition coefficient (Wildman–Crippen LogP) is 1.77. The first-order chi connectivity index (χ1) is 9.58. The lowest BCUT2D eigenvalue weighted by Gasteiger charge is -2.19. The molecule has 0 aliphatic rings. The molecule has 1 amide bonds. The monoisotopic (exact) mass is 273 g/mol. The third-order valence-corrected chi connectivity index (χ3v) is 3.21. The molecule has 1 unspecified atom stereocenters. The van der Waals surface area contributed by atoms with Crippen molar-refractivity contribution >= 4 is 5.91 Å². The van der Waals surface area contributed by atoms with Crippen LogP contribution in [-0.2, 0) is 11.3 Å². The largest absolute Gasteiger partial charge is 0.343 e. The summed E-state index contributed by atoms with van der Waals surface area (Å²) in [4.78, 5) is 13.9. The van der Waals surface area contributed by atoms with Crippen molar-refractivity contribution in [2.45, 2.75) is 12.6 Å². The van der Waals surface area contributed by atoms with Crippen molar-refractivity contribution in [1.82, 2.24) is 4.90 Å².